The summed E-state index contributed by atoms with van der Waals surface area (Å²) in [5.74, 6) is -2.23. The average Bonchev–Trinajstić information content (AvgIpc) is 3.48. The van der Waals surface area contributed by atoms with Crippen molar-refractivity contribution in [2.75, 3.05) is 36.0 Å². The van der Waals surface area contributed by atoms with Crippen molar-refractivity contribution in [2.45, 2.75) is 92.9 Å². The number of nitrogens with zero attached hydrogens (tertiary/aromatic N) is 2. The third-order valence-electron chi connectivity index (χ3n) is 11.4. The van der Waals surface area contributed by atoms with Crippen LogP contribution in [-0.2, 0) is 56.1 Å². The molecule has 18 nitrogen and oxygen atoms in total. The lowest BCUT2D eigenvalue weighted by atomic mass is 9.81. The molecule has 1 aliphatic carbocycles. The quantitative estimate of drug-likeness (QED) is 0.0817. The second kappa shape index (κ2) is 18.1. The molecule has 340 valence electrons. The van der Waals surface area contributed by atoms with Crippen molar-refractivity contribution in [2.24, 2.45) is 5.73 Å². The Bertz CT molecular complexity index is 2750. The topological polar surface area (TPSA) is 299 Å². The molecule has 0 saturated heterocycles. The zero-order valence-electron chi connectivity index (χ0n) is 34.6. The Hall–Kier alpha value is -4.26. The Morgan fingerprint density at radius 2 is 1.42 bits per heavy atom. The monoisotopic (exact) mass is 941 g/mol. The van der Waals surface area contributed by atoms with Gasteiger partial charge in [-0.25, -0.2) is 4.79 Å². The zero-order valence-corrected chi connectivity index (χ0v) is 37.9. The molecule has 8 N–H and O–H groups in total. The van der Waals surface area contributed by atoms with Gasteiger partial charge in [-0.15, -0.1) is 0 Å². The van der Waals surface area contributed by atoms with Gasteiger partial charge in [-0.05, 0) is 106 Å². The number of aliphatic carboxylic acids is 1. The van der Waals surface area contributed by atoms with E-state index in [1.54, 1.807) is 33.8 Å². The number of hydrogen-bond acceptors (Lipinski definition) is 12. The van der Waals surface area contributed by atoms with Gasteiger partial charge in [0.25, 0.3) is 40.5 Å². The molecule has 0 fully saturated rings. The third-order valence-corrected chi connectivity index (χ3v) is 14.7. The minimum atomic E-state index is -4.58. The highest BCUT2D eigenvalue weighted by atomic mass is 32.2. The Kier molecular flexibility index (Phi) is 14.2. The predicted octanol–water partition coefficient (Wildman–Crippen LogP) is 4.11. The number of anilines is 1. The maximum atomic E-state index is 12.5. The summed E-state index contributed by atoms with van der Waals surface area (Å²) in [4.78, 5) is 13.6. The van der Waals surface area contributed by atoms with Crippen LogP contribution in [-0.4, -0.2) is 110 Å². The van der Waals surface area contributed by atoms with Gasteiger partial charge in [-0.1, -0.05) is 26.0 Å². The number of carbonyl (C=O) groups is 1. The number of nitrogens with two attached hydrogens (primary N) is 1. The summed E-state index contributed by atoms with van der Waals surface area (Å²) in [5.41, 5.74) is 9.29. The van der Waals surface area contributed by atoms with Crippen molar-refractivity contribution >= 4 is 63.5 Å². The fourth-order valence-corrected chi connectivity index (χ4v) is 10.3. The van der Waals surface area contributed by atoms with Crippen molar-refractivity contribution < 1.29 is 66.4 Å². The van der Waals surface area contributed by atoms with Crippen LogP contribution < -0.4 is 16.0 Å². The van der Waals surface area contributed by atoms with Gasteiger partial charge in [0, 0.05) is 53.2 Å². The molecule has 2 aliphatic heterocycles. The summed E-state index contributed by atoms with van der Waals surface area (Å²) in [7, 11) is -17.8. The first-order valence-corrected chi connectivity index (χ1v) is 25.8. The van der Waals surface area contributed by atoms with Crippen molar-refractivity contribution in [1.29, 1.82) is 0 Å². The number of fused-ring (bicyclic) bond motifs is 2. The molecule has 3 aliphatic rings. The second-order valence-electron chi connectivity index (χ2n) is 16.5. The number of rotatable bonds is 18. The normalized spacial score (nSPS) is 19.7. The van der Waals surface area contributed by atoms with Crippen molar-refractivity contribution in [3.8, 4) is 0 Å². The van der Waals surface area contributed by atoms with Crippen LogP contribution in [0.1, 0.15) is 77.3 Å². The molecule has 0 saturated carbocycles. The molecule has 0 aromatic heterocycles. The molecule has 2 heterocycles. The fourth-order valence-electron chi connectivity index (χ4n) is 8.32. The van der Waals surface area contributed by atoms with Crippen molar-refractivity contribution in [1.82, 2.24) is 5.32 Å². The maximum Gasteiger partial charge on any atom is 0.326 e. The number of carboxylic acid groups (broad SMARTS) is 1. The number of allylic oxidation sites excluding steroid dienone is 7. The van der Waals surface area contributed by atoms with E-state index in [2.05, 4.69) is 5.32 Å². The number of carboxylic acids is 1. The van der Waals surface area contributed by atoms with Crippen LogP contribution in [0.4, 0.5) is 11.4 Å². The molecule has 1 atom stereocenters. The van der Waals surface area contributed by atoms with E-state index in [1.165, 1.54) is 36.4 Å². The molecule has 0 amide bonds. The van der Waals surface area contributed by atoms with E-state index in [-0.39, 0.29) is 48.7 Å². The van der Waals surface area contributed by atoms with Gasteiger partial charge in [-0.2, -0.15) is 38.2 Å². The van der Waals surface area contributed by atoms with Crippen molar-refractivity contribution in [3.63, 3.8) is 0 Å². The minimum Gasteiger partial charge on any atom is -0.480 e. The largest absolute Gasteiger partial charge is 0.480 e. The number of benzene rings is 2. The lowest BCUT2D eigenvalue weighted by Gasteiger charge is -2.28. The van der Waals surface area contributed by atoms with Gasteiger partial charge in [-0.3, -0.25) is 18.2 Å². The van der Waals surface area contributed by atoms with Gasteiger partial charge >= 0.3 is 5.97 Å². The van der Waals surface area contributed by atoms with Gasteiger partial charge < -0.3 is 21.1 Å². The number of nitrogens with one attached hydrogen (secondary N) is 1. The van der Waals surface area contributed by atoms with E-state index >= 15 is 0 Å². The second-order valence-corrected chi connectivity index (χ2v) is 22.5. The van der Waals surface area contributed by atoms with Crippen LogP contribution in [0.2, 0.25) is 0 Å². The zero-order chi connectivity index (χ0) is 46.2. The van der Waals surface area contributed by atoms with Gasteiger partial charge in [0.05, 0.1) is 26.7 Å². The molecule has 62 heavy (non-hydrogen) atoms. The predicted molar refractivity (Wildman–Crippen MR) is 232 cm³/mol. The standard InChI is InChI=1S/C40H52N4O14S4/c1-39(2)30-24-28(61(53,54)55)12-14-33(30)43(20-6-22-59(47,48)49)35(39)16-10-26-8-5-9-27(37(26)42-32(18-19-41)38(45)46)11-17-36-40(3,4)31-25-29(62(56,57)58)13-15-34(31)44(36)21-7-23-60(50,51)52/h10-17,24-25,32H,5-9,18-23,41H2,1-4H3,(H5,45,46,47,48,49,50,51,52,53,54,55,56,57,58)/p+1/b26-10+,35-16-. The van der Waals surface area contributed by atoms with Crippen LogP contribution in [0.5, 0.6) is 0 Å². The van der Waals surface area contributed by atoms with Gasteiger partial charge in [0.15, 0.2) is 5.71 Å². The van der Waals surface area contributed by atoms with Crippen LogP contribution in [0, 0.1) is 0 Å². The average molecular weight is 942 g/mol. The minimum absolute atomic E-state index is 0.00630. The highest BCUT2D eigenvalue weighted by Crippen LogP contribution is 2.49. The Balaban J connectivity index is 1.67. The van der Waals surface area contributed by atoms with Crippen molar-refractivity contribution in [3.05, 3.63) is 94.4 Å². The molecule has 22 heteroatoms. The highest BCUT2D eigenvalue weighted by Gasteiger charge is 2.45. The summed E-state index contributed by atoms with van der Waals surface area (Å²) in [6.07, 6.45) is 8.85. The van der Waals surface area contributed by atoms with Gasteiger partial charge in [0.1, 0.15) is 12.6 Å². The molecule has 0 bridgehead atoms. The Morgan fingerprint density at radius 1 is 0.823 bits per heavy atom. The van der Waals surface area contributed by atoms with E-state index in [0.29, 0.717) is 70.0 Å². The number of hydrogen-bond donors (Lipinski definition) is 7. The summed E-state index contributed by atoms with van der Waals surface area (Å²) in [5, 5.41) is 13.4. The van der Waals surface area contributed by atoms with E-state index in [4.69, 9.17) is 5.73 Å². The Morgan fingerprint density at radius 3 is 2.00 bits per heavy atom. The SMILES string of the molecule is CC1(C)C(/C=C/C2=C(NC(CCN)C(=O)O)C(=C/C=C3\N(CCCS(=O)(=O)O)c4ccc(S(=O)(=O)O)cc4C3(C)C)/CCC2)=[N+](CCCS(=O)(=O)O)c2ccc(S(=O)(=O)O)cc21. The fraction of sp³-hybridized carbons (Fsp3) is 0.450. The molecular formula is C40H53N4O14S4+. The maximum absolute atomic E-state index is 12.5. The lowest BCUT2D eigenvalue weighted by molar-refractivity contribution is -0.437. The lowest BCUT2D eigenvalue weighted by Crippen LogP contribution is -2.39. The van der Waals surface area contributed by atoms with Crippen LogP contribution in [0.15, 0.2) is 93.0 Å². The molecular weight excluding hydrogens is 889 g/mol. The van der Waals surface area contributed by atoms with E-state index in [1.807, 2.05) is 27.7 Å². The molecule has 0 spiro atoms. The summed E-state index contributed by atoms with van der Waals surface area (Å²) in [6, 6.07) is 7.10. The summed E-state index contributed by atoms with van der Waals surface area (Å²) >= 11 is 0. The first-order chi connectivity index (χ1) is 28.6. The first kappa shape index (κ1) is 48.8. The van der Waals surface area contributed by atoms with E-state index < -0.39 is 74.8 Å². The molecule has 1 unspecified atom stereocenters. The summed E-state index contributed by atoms with van der Waals surface area (Å²) in [6.45, 7) is 7.58. The van der Waals surface area contributed by atoms with Crippen LogP contribution in [0.3, 0.4) is 0 Å². The molecule has 2 aromatic carbocycles. The van der Waals surface area contributed by atoms with Crippen LogP contribution in [0.25, 0.3) is 0 Å². The first-order valence-electron chi connectivity index (χ1n) is 19.7. The molecule has 2 aromatic rings. The van der Waals surface area contributed by atoms with E-state index in [0.717, 1.165) is 0 Å². The summed E-state index contributed by atoms with van der Waals surface area (Å²) < 4.78 is 136. The molecule has 0 radical (unpaired) electrons. The Labute approximate surface area is 362 Å². The van der Waals surface area contributed by atoms with E-state index in [9.17, 15) is 61.8 Å². The van der Waals surface area contributed by atoms with Gasteiger partial charge in [0.2, 0.25) is 5.69 Å². The smallest absolute Gasteiger partial charge is 0.326 e. The third kappa shape index (κ3) is 11.1. The highest BCUT2D eigenvalue weighted by molar-refractivity contribution is 7.86. The van der Waals surface area contributed by atoms with Crippen LogP contribution >= 0.6 is 0 Å². The molecule has 5 rings (SSSR count).